The first kappa shape index (κ1) is 84.6. The molecule has 1 saturated heterocycles. The molecule has 1 aliphatic carbocycles. The van der Waals surface area contributed by atoms with E-state index in [9.17, 15) is 28.8 Å². The molecule has 0 spiro atoms. The maximum atomic E-state index is 13.6. The Labute approximate surface area is 510 Å². The predicted molar refractivity (Wildman–Crippen MR) is 349 cm³/mol. The fourth-order valence-corrected chi connectivity index (χ4v) is 10.0. The standard InChI is InChI=1S/C33H58N2O4S.C18H30N2O.C10H20N2O3.2C2H6.CH3NO/c1-11-24(4)19-30(36)35(9)29(23(2)3)18-17-27(22-40-10)31(37)34-28(21-26-15-13-12-14-16-26)20-25(5)32(38)39-33(6,7)8;1-5-15(6-2)11-12-16(7-3)14-20(4)13-9-8-10-17(20)18(19)21;1-6(2)7(8(11)13)12-9(14)15-10(3,4)5;2*1-2;2-1-3/h12-13,22-26,28-29H,11,14-21H2,1-10H3,(H,34,37);5,11-12,17H,1,6-10,13-14H2,2-4H3,(H-,19,21);6-7H,1-5H3,(H2,11,13)(H,12,14);2*1-2H3;1H,(H2,2,3)/p+1/b27-22+;15-11+,16-12+;;;;/t;17-,20?;7-;;;/m.10.../s1. The van der Waals surface area contributed by atoms with E-state index >= 15 is 0 Å². The number of likely N-dealkylation sites (N-methyl/N-ethyl adjacent to an activating group) is 1. The highest BCUT2D eigenvalue weighted by Crippen LogP contribution is 2.29. The molecule has 0 radical (unpaired) electrons. The van der Waals surface area contributed by atoms with Gasteiger partial charge in [-0.1, -0.05) is 133 Å². The van der Waals surface area contributed by atoms with Crippen LogP contribution in [0.25, 0.3) is 0 Å². The van der Waals surface area contributed by atoms with E-state index in [0.717, 1.165) is 87.4 Å². The van der Waals surface area contributed by atoms with Crippen molar-refractivity contribution >= 4 is 53.9 Å². The number of nitrogens with two attached hydrogens (primary N) is 3. The summed E-state index contributed by atoms with van der Waals surface area (Å²) in [5.41, 5.74) is 17.2. The molecule has 0 saturated carbocycles. The van der Waals surface area contributed by atoms with Crippen LogP contribution in [-0.2, 0) is 38.2 Å². The average Bonchev–Trinajstić information content (AvgIpc) is 3.59. The summed E-state index contributed by atoms with van der Waals surface area (Å²) in [4.78, 5) is 83.9. The Morgan fingerprint density at radius 2 is 1.42 bits per heavy atom. The van der Waals surface area contributed by atoms with Crippen molar-refractivity contribution in [2.75, 3.05) is 33.4 Å². The van der Waals surface area contributed by atoms with Crippen molar-refractivity contribution in [2.45, 2.75) is 257 Å². The lowest BCUT2D eigenvalue weighted by atomic mass is 9.85. The van der Waals surface area contributed by atoms with Gasteiger partial charge in [0.05, 0.1) is 19.5 Å². The first-order valence-electron chi connectivity index (χ1n) is 30.9. The summed E-state index contributed by atoms with van der Waals surface area (Å²) in [6.45, 7) is 43.0. The highest BCUT2D eigenvalue weighted by molar-refractivity contribution is 8.01. The number of carbonyl (C=O) groups is 7. The lowest BCUT2D eigenvalue weighted by molar-refractivity contribution is -0.925. The molecular formula is C66H124N7O9S+. The number of piperidine rings is 1. The van der Waals surface area contributed by atoms with Crippen molar-refractivity contribution < 1.29 is 47.5 Å². The van der Waals surface area contributed by atoms with Crippen LogP contribution < -0.4 is 27.8 Å². The van der Waals surface area contributed by atoms with Gasteiger partial charge in [-0.05, 0) is 159 Å². The van der Waals surface area contributed by atoms with E-state index in [4.69, 9.17) is 25.7 Å². The maximum Gasteiger partial charge on any atom is 0.408 e. The predicted octanol–water partition coefficient (Wildman–Crippen LogP) is 13.0. The number of likely N-dealkylation sites (tertiary alicyclic amines) is 1. The monoisotopic (exact) mass is 1190 g/mol. The topological polar surface area (TPSA) is 243 Å². The van der Waals surface area contributed by atoms with Crippen molar-refractivity contribution in [2.24, 2.45) is 46.8 Å². The molecule has 0 aromatic heterocycles. The van der Waals surface area contributed by atoms with Crippen LogP contribution in [0.3, 0.4) is 0 Å². The zero-order chi connectivity index (χ0) is 65.3. The van der Waals surface area contributed by atoms with Gasteiger partial charge in [0.25, 0.3) is 5.91 Å². The third-order valence-electron chi connectivity index (χ3n) is 14.3. The van der Waals surface area contributed by atoms with Gasteiger partial charge in [-0.15, -0.1) is 11.8 Å². The van der Waals surface area contributed by atoms with Gasteiger partial charge < -0.3 is 46.7 Å². The molecule has 1 fully saturated rings. The molecule has 2 aliphatic rings. The smallest absolute Gasteiger partial charge is 0.408 e. The number of hydrogen-bond donors (Lipinski definition) is 5. The molecule has 482 valence electrons. The molecule has 6 amide bonds. The molecule has 0 aromatic carbocycles. The Bertz CT molecular complexity index is 2010. The summed E-state index contributed by atoms with van der Waals surface area (Å²) in [5.74, 6) is -0.0681. The van der Waals surface area contributed by atoms with Crippen LogP contribution in [0.2, 0.25) is 0 Å². The Morgan fingerprint density at radius 1 is 0.843 bits per heavy atom. The zero-order valence-corrected chi connectivity index (χ0v) is 57.3. The summed E-state index contributed by atoms with van der Waals surface area (Å²) in [6, 6.07) is -0.786. The number of esters is 1. The molecular weight excluding hydrogens is 1070 g/mol. The van der Waals surface area contributed by atoms with Crippen molar-refractivity contribution in [1.82, 2.24) is 15.5 Å². The summed E-state index contributed by atoms with van der Waals surface area (Å²) >= 11 is 1.53. The number of alkyl carbamates (subject to hydrolysis) is 1. The zero-order valence-electron chi connectivity index (χ0n) is 56.5. The van der Waals surface area contributed by atoms with Gasteiger partial charge in [0.15, 0.2) is 6.04 Å². The summed E-state index contributed by atoms with van der Waals surface area (Å²) in [7, 11) is 4.08. The molecule has 6 unspecified atom stereocenters. The Hall–Kier alpha value is -4.90. The summed E-state index contributed by atoms with van der Waals surface area (Å²) < 4.78 is 11.4. The molecule has 0 aromatic rings. The van der Waals surface area contributed by atoms with Crippen LogP contribution in [0.4, 0.5) is 4.79 Å². The number of hydrogen-bond acceptors (Lipinski definition) is 10. The fraction of sp³-hybridized carbons (Fsp3) is 0.742. The van der Waals surface area contributed by atoms with Gasteiger partial charge in [-0.2, -0.15) is 0 Å². The number of primary amides is 3. The Morgan fingerprint density at radius 3 is 1.86 bits per heavy atom. The number of nitrogens with one attached hydrogen (secondary N) is 2. The second-order valence-electron chi connectivity index (χ2n) is 24.3. The van der Waals surface area contributed by atoms with Gasteiger partial charge in [-0.3, -0.25) is 28.8 Å². The van der Waals surface area contributed by atoms with Gasteiger partial charge in [-0.25, -0.2) is 4.79 Å². The number of rotatable bonds is 26. The normalized spacial score (nSPS) is 18.9. The quantitative estimate of drug-likeness (QED) is 0.0137. The van der Waals surface area contributed by atoms with Gasteiger partial charge in [0, 0.05) is 37.5 Å². The number of quaternary nitrogens is 1. The van der Waals surface area contributed by atoms with E-state index in [1.54, 1.807) is 34.6 Å². The Kier molecular flexibility index (Phi) is 47.3. The van der Waals surface area contributed by atoms with Crippen molar-refractivity contribution in [1.29, 1.82) is 0 Å². The second-order valence-corrected chi connectivity index (χ2v) is 25.0. The summed E-state index contributed by atoms with van der Waals surface area (Å²) in [6.07, 6.45) is 25.0. The van der Waals surface area contributed by atoms with E-state index in [2.05, 4.69) is 95.8 Å². The van der Waals surface area contributed by atoms with Gasteiger partial charge in [0.2, 0.25) is 24.1 Å². The number of allylic oxidation sites excluding steroid dienone is 6. The van der Waals surface area contributed by atoms with E-state index < -0.39 is 29.2 Å². The first-order valence-corrected chi connectivity index (χ1v) is 32.2. The summed E-state index contributed by atoms with van der Waals surface area (Å²) in [5, 5.41) is 7.68. The van der Waals surface area contributed by atoms with Crippen molar-refractivity contribution in [3.05, 3.63) is 59.1 Å². The van der Waals surface area contributed by atoms with E-state index in [1.807, 2.05) is 85.1 Å². The number of nitrogens with zero attached hydrogens (tertiary/aromatic N) is 2. The average molecular weight is 1190 g/mol. The molecule has 8 N–H and O–H groups in total. The first-order chi connectivity index (χ1) is 38.7. The van der Waals surface area contributed by atoms with Gasteiger partial charge >= 0.3 is 12.1 Å². The molecule has 8 atom stereocenters. The SMILES string of the molecule is C=C/C(=C\C=C(/CC)C[N+]1(C)CCCC[C@@H]1C(N)=O)CC.CC.CC.CC(C)[C@H](NC(=O)OC(C)(C)C)C(N)=O.CCC(C)CC(=O)N(C)C(CC/C(=C\SC)C(=O)NC(CC1CC=CCC1)CC(C)C(=O)OC(C)(C)C)C(C)C.NC=O. The number of amides is 6. The van der Waals surface area contributed by atoms with Gasteiger partial charge in [0.1, 0.15) is 23.8 Å². The lowest BCUT2D eigenvalue weighted by Crippen LogP contribution is -2.60. The van der Waals surface area contributed by atoms with Crippen molar-refractivity contribution in [3.8, 4) is 0 Å². The van der Waals surface area contributed by atoms with E-state index in [-0.39, 0.29) is 66.0 Å². The van der Waals surface area contributed by atoms with Crippen LogP contribution >= 0.6 is 11.8 Å². The van der Waals surface area contributed by atoms with Crippen LogP contribution in [0.15, 0.2) is 59.1 Å². The third kappa shape index (κ3) is 39.4. The van der Waals surface area contributed by atoms with Crippen LogP contribution in [0.5, 0.6) is 0 Å². The number of carbonyl (C=O) groups excluding carboxylic acids is 7. The van der Waals surface area contributed by atoms with Crippen LogP contribution in [0, 0.1) is 29.6 Å². The second kappa shape index (κ2) is 46.4. The van der Waals surface area contributed by atoms with Crippen LogP contribution in [-0.4, -0.2) is 120 Å². The maximum absolute atomic E-state index is 13.6. The van der Waals surface area contributed by atoms with E-state index in [1.165, 1.54) is 29.3 Å². The molecule has 2 rings (SSSR count). The lowest BCUT2D eigenvalue weighted by Gasteiger charge is -2.43. The van der Waals surface area contributed by atoms with Crippen molar-refractivity contribution in [3.63, 3.8) is 0 Å². The molecule has 1 heterocycles. The minimum Gasteiger partial charge on any atom is -0.460 e. The molecule has 83 heavy (non-hydrogen) atoms. The number of ether oxygens (including phenoxy) is 2. The van der Waals surface area contributed by atoms with E-state index in [0.29, 0.717) is 31.1 Å². The molecule has 16 nitrogen and oxygen atoms in total. The minimum atomic E-state index is -0.695. The Balaban J connectivity index is -0.000000602. The molecule has 17 heteroatoms. The highest BCUT2D eigenvalue weighted by atomic mass is 32.2. The fourth-order valence-electron chi connectivity index (χ4n) is 9.53. The van der Waals surface area contributed by atoms with Crippen LogP contribution in [0.1, 0.15) is 221 Å². The molecule has 1 aliphatic heterocycles. The number of thioether (sulfide) groups is 1. The third-order valence-corrected chi connectivity index (χ3v) is 14.8. The highest BCUT2D eigenvalue weighted by Gasteiger charge is 2.39. The molecule has 0 bridgehead atoms. The largest absolute Gasteiger partial charge is 0.460 e. The minimum absolute atomic E-state index is 0.0391.